The lowest BCUT2D eigenvalue weighted by atomic mass is 9.78. The summed E-state index contributed by atoms with van der Waals surface area (Å²) in [5, 5.41) is 9.45. The fraction of sp³-hybridized carbons (Fsp3) is 0.0909. The molecule has 2 aromatic heterocycles. The van der Waals surface area contributed by atoms with Gasteiger partial charge in [0, 0.05) is 66.7 Å². The maximum absolute atomic E-state index is 7.14. The van der Waals surface area contributed by atoms with Crippen molar-refractivity contribution < 1.29 is 8.83 Å². The summed E-state index contributed by atoms with van der Waals surface area (Å²) in [7, 11) is 0. The molecular weight excluding hydrogens is 1100 g/mol. The van der Waals surface area contributed by atoms with Crippen LogP contribution in [0.2, 0.25) is 0 Å². The van der Waals surface area contributed by atoms with Crippen molar-refractivity contribution >= 4 is 82.5 Å². The molecule has 16 aromatic rings. The van der Waals surface area contributed by atoms with Crippen molar-refractivity contribution in [2.45, 2.75) is 51.9 Å². The van der Waals surface area contributed by atoms with Crippen LogP contribution in [0.4, 0.5) is 17.1 Å². The predicted octanol–water partition coefficient (Wildman–Crippen LogP) is 24.4. The molecule has 0 bridgehead atoms. The molecule has 0 saturated heterocycles. The van der Waals surface area contributed by atoms with Crippen molar-refractivity contribution in [1.29, 1.82) is 0 Å². The number of anilines is 3. The Bertz CT molecular complexity index is 5490. The Morgan fingerprint density at radius 3 is 1.08 bits per heavy atom. The zero-order chi connectivity index (χ0) is 60.6. The second-order valence-corrected chi connectivity index (χ2v) is 26.6. The fourth-order valence-electron chi connectivity index (χ4n) is 16.5. The molecule has 3 heteroatoms. The number of rotatable bonds is 6. The smallest absolute Gasteiger partial charge is 0.143 e. The molecule has 19 rings (SSSR count). The highest BCUT2D eigenvalue weighted by Crippen LogP contribution is 2.61. The van der Waals surface area contributed by atoms with E-state index in [4.69, 9.17) is 8.83 Å². The third-order valence-corrected chi connectivity index (χ3v) is 21.0. The molecule has 0 amide bonds. The van der Waals surface area contributed by atoms with Gasteiger partial charge in [0.1, 0.15) is 22.3 Å². The van der Waals surface area contributed by atoms with Gasteiger partial charge in [0.25, 0.3) is 0 Å². The van der Waals surface area contributed by atoms with Gasteiger partial charge in [-0.15, -0.1) is 0 Å². The molecule has 0 unspecified atom stereocenters. The zero-order valence-electron chi connectivity index (χ0n) is 51.4. The molecule has 3 heterocycles. The van der Waals surface area contributed by atoms with E-state index in [0.29, 0.717) is 0 Å². The van der Waals surface area contributed by atoms with Gasteiger partial charge in [-0.2, -0.15) is 0 Å². The Balaban J connectivity index is 0.802. The summed E-state index contributed by atoms with van der Waals surface area (Å²) in [4.78, 5) is 2.62. The van der Waals surface area contributed by atoms with E-state index >= 15 is 0 Å². The lowest BCUT2D eigenvalue weighted by Crippen LogP contribution is -2.22. The summed E-state index contributed by atoms with van der Waals surface area (Å²) in [6, 6.07) is 99.1. The summed E-state index contributed by atoms with van der Waals surface area (Å²) < 4.78 is 14.3. The van der Waals surface area contributed by atoms with Crippen LogP contribution in [0, 0.1) is 6.92 Å². The molecule has 0 fully saturated rings. The highest BCUT2D eigenvalue weighted by molar-refractivity contribution is 6.19. The monoisotopic (exact) mass is 1160 g/mol. The molecule has 3 nitrogen and oxygen atoms in total. The van der Waals surface area contributed by atoms with Crippen LogP contribution < -0.4 is 4.90 Å². The molecule has 0 N–H and O–H groups in total. The van der Waals surface area contributed by atoms with Crippen molar-refractivity contribution in [3.63, 3.8) is 0 Å². The Morgan fingerprint density at radius 1 is 0.275 bits per heavy atom. The Hall–Kier alpha value is -11.0. The number of para-hydroxylation sites is 4. The van der Waals surface area contributed by atoms with Crippen molar-refractivity contribution in [3.8, 4) is 77.9 Å². The zero-order valence-corrected chi connectivity index (χ0v) is 51.4. The second kappa shape index (κ2) is 19.0. The number of fused-ring (bicyclic) bond motifs is 18. The Morgan fingerprint density at radius 2 is 0.648 bits per heavy atom. The first-order valence-electron chi connectivity index (χ1n) is 32.0. The van der Waals surface area contributed by atoms with Gasteiger partial charge >= 0.3 is 0 Å². The van der Waals surface area contributed by atoms with Gasteiger partial charge in [-0.25, -0.2) is 0 Å². The third-order valence-electron chi connectivity index (χ3n) is 21.0. The van der Waals surface area contributed by atoms with E-state index in [2.05, 4.69) is 306 Å². The molecule has 0 atom stereocenters. The average molecular weight is 1160 g/mol. The first-order chi connectivity index (χ1) is 44.6. The van der Waals surface area contributed by atoms with Gasteiger partial charge in [0.15, 0.2) is 0 Å². The minimum absolute atomic E-state index is 0.323. The molecule has 3 aliphatic rings. The average Bonchev–Trinajstić information content (AvgIpc) is 1.57. The molecule has 0 spiro atoms. The minimum atomic E-state index is -0.323. The highest BCUT2D eigenvalue weighted by atomic mass is 16.3. The topological polar surface area (TPSA) is 29.5 Å². The van der Waals surface area contributed by atoms with E-state index in [1.807, 2.05) is 0 Å². The lowest BCUT2D eigenvalue weighted by molar-refractivity contribution is 0.658. The van der Waals surface area contributed by atoms with E-state index in [1.165, 1.54) is 122 Å². The third kappa shape index (κ3) is 7.38. The SMILES string of the molecule is Cc1cc(-c2ccccc2)ccc1N1c2cc3c(cc2Cc2cc4c(cc21)-c1c(cc(-c2cccc5c2oc2c(-c6ccccc6)cccc25)c2ccccc12)C4(C)C)C(C)(C)c1cc(-c2cccc4c2oc2c(-c5ccccc5)cccc24)c2ccccc2c1-3. The van der Waals surface area contributed by atoms with Gasteiger partial charge in [-0.05, 0) is 159 Å². The molecule has 0 saturated carbocycles. The Kier molecular flexibility index (Phi) is 10.9. The van der Waals surface area contributed by atoms with Gasteiger partial charge in [-0.3, -0.25) is 0 Å². The first kappa shape index (κ1) is 52.0. The lowest BCUT2D eigenvalue weighted by Gasteiger charge is -2.37. The van der Waals surface area contributed by atoms with E-state index < -0.39 is 0 Å². The van der Waals surface area contributed by atoms with E-state index in [9.17, 15) is 0 Å². The maximum Gasteiger partial charge on any atom is 0.143 e. The molecule has 2 aliphatic carbocycles. The van der Waals surface area contributed by atoms with Gasteiger partial charge < -0.3 is 13.7 Å². The number of hydrogen-bond acceptors (Lipinski definition) is 3. The molecule has 430 valence electrons. The largest absolute Gasteiger partial charge is 0.455 e. The van der Waals surface area contributed by atoms with Gasteiger partial charge in [0.2, 0.25) is 0 Å². The van der Waals surface area contributed by atoms with Crippen LogP contribution in [-0.4, -0.2) is 0 Å². The Labute approximate surface area is 528 Å². The first-order valence-corrected chi connectivity index (χ1v) is 32.0. The fourth-order valence-corrected chi connectivity index (χ4v) is 16.5. The van der Waals surface area contributed by atoms with E-state index in [1.54, 1.807) is 0 Å². The van der Waals surface area contributed by atoms with Crippen LogP contribution in [0.15, 0.2) is 276 Å². The summed E-state index contributed by atoms with van der Waals surface area (Å²) in [5.74, 6) is 0. The minimum Gasteiger partial charge on any atom is -0.455 e. The van der Waals surface area contributed by atoms with E-state index in [0.717, 1.165) is 83.7 Å². The molecule has 1 aliphatic heterocycles. The van der Waals surface area contributed by atoms with Crippen LogP contribution >= 0.6 is 0 Å². The summed E-state index contributed by atoms with van der Waals surface area (Å²) in [6.45, 7) is 12.1. The summed E-state index contributed by atoms with van der Waals surface area (Å²) in [5.41, 5.74) is 32.7. The second-order valence-electron chi connectivity index (χ2n) is 26.6. The van der Waals surface area contributed by atoms with Crippen molar-refractivity contribution in [2.75, 3.05) is 4.90 Å². The van der Waals surface area contributed by atoms with Crippen LogP contribution in [0.25, 0.3) is 143 Å². The van der Waals surface area contributed by atoms with Crippen molar-refractivity contribution in [2.24, 2.45) is 0 Å². The number of aryl methyl sites for hydroxylation is 1. The molecule has 14 aromatic carbocycles. The van der Waals surface area contributed by atoms with Gasteiger partial charge in [0.05, 0.1) is 11.4 Å². The highest BCUT2D eigenvalue weighted by Gasteiger charge is 2.43. The van der Waals surface area contributed by atoms with Crippen LogP contribution in [0.1, 0.15) is 66.6 Å². The van der Waals surface area contributed by atoms with Gasteiger partial charge in [-0.1, -0.05) is 258 Å². The van der Waals surface area contributed by atoms with Crippen LogP contribution in [0.3, 0.4) is 0 Å². The molecule has 0 radical (unpaired) electrons. The summed E-state index contributed by atoms with van der Waals surface area (Å²) in [6.07, 6.45) is 0.803. The van der Waals surface area contributed by atoms with Crippen LogP contribution in [0.5, 0.6) is 0 Å². The van der Waals surface area contributed by atoms with Crippen molar-refractivity contribution in [3.05, 3.63) is 306 Å². The standard InChI is InChI=1S/C88H61NO2/c1-51-43-55(52-23-9-6-10-24-52)41-42-78(51)89-79-49-72-74(87(2,3)76-47-70(60-29-15-17-31-62(60)81(72)76)68-39-21-37-66-64-35-19-33-58(83(64)90-85(66)68)53-25-11-7-12-26-53)45-56(79)44-57-46-75-73(50-80(57)89)82-63-32-18-16-30-61(63)71(48-77(82)88(75,4)5)69-40-22-38-67-65-36-20-34-59(84(65)91-86(67)69)54-27-13-8-14-28-54/h6-43,45-50H,44H2,1-5H3. The molecular formula is C88H61NO2. The quantitative estimate of drug-likeness (QED) is 0.166. The summed E-state index contributed by atoms with van der Waals surface area (Å²) >= 11 is 0. The normalized spacial score (nSPS) is 14.1. The maximum atomic E-state index is 7.14. The van der Waals surface area contributed by atoms with Crippen LogP contribution in [-0.2, 0) is 17.3 Å². The number of nitrogens with zero attached hydrogens (tertiary/aromatic N) is 1. The number of hydrogen-bond donors (Lipinski definition) is 0. The molecule has 91 heavy (non-hydrogen) atoms. The predicted molar refractivity (Wildman–Crippen MR) is 381 cm³/mol. The van der Waals surface area contributed by atoms with Crippen molar-refractivity contribution in [1.82, 2.24) is 0 Å². The number of benzene rings is 14. The van der Waals surface area contributed by atoms with E-state index in [-0.39, 0.29) is 10.8 Å². The number of furan rings is 2.